The largest absolute Gasteiger partial charge is 0.375 e. The Morgan fingerprint density at radius 3 is 2.35 bits per heavy atom. The van der Waals surface area contributed by atoms with E-state index in [1.807, 2.05) is 0 Å². The van der Waals surface area contributed by atoms with Crippen molar-refractivity contribution in [2.75, 3.05) is 13.1 Å². The maximum atomic E-state index is 6.01. The van der Waals surface area contributed by atoms with Crippen LogP contribution in [0.5, 0.6) is 0 Å². The van der Waals surface area contributed by atoms with Gasteiger partial charge in [0.2, 0.25) is 0 Å². The molecule has 1 saturated carbocycles. The predicted octanol–water partition coefficient (Wildman–Crippen LogP) is 2.05. The van der Waals surface area contributed by atoms with E-state index in [9.17, 15) is 0 Å². The van der Waals surface area contributed by atoms with Crippen LogP contribution in [0.15, 0.2) is 0 Å². The summed E-state index contributed by atoms with van der Waals surface area (Å²) in [6, 6.07) is 0. The fourth-order valence-electron chi connectivity index (χ4n) is 3.38. The molecular weight excluding hydrogens is 212 g/mol. The summed E-state index contributed by atoms with van der Waals surface area (Å²) >= 11 is 0. The second kappa shape index (κ2) is 5.68. The summed E-state index contributed by atoms with van der Waals surface area (Å²) in [4.78, 5) is 0. The number of hydrogen-bond donors (Lipinski definition) is 2. The Morgan fingerprint density at radius 1 is 1.24 bits per heavy atom. The van der Waals surface area contributed by atoms with Crippen molar-refractivity contribution in [2.24, 2.45) is 11.7 Å². The average molecular weight is 240 g/mol. The van der Waals surface area contributed by atoms with Gasteiger partial charge in [-0.05, 0) is 45.6 Å². The number of nitrogens with one attached hydrogen (secondary N) is 1. The molecule has 1 aliphatic heterocycles. The summed E-state index contributed by atoms with van der Waals surface area (Å²) < 4.78 is 5.81. The summed E-state index contributed by atoms with van der Waals surface area (Å²) in [5.74, 6) is 0.979. The van der Waals surface area contributed by atoms with Crippen LogP contribution < -0.4 is 11.1 Å². The summed E-state index contributed by atoms with van der Waals surface area (Å²) in [6.45, 7) is 6.18. The molecule has 2 aliphatic rings. The molecule has 0 radical (unpaired) electrons. The van der Waals surface area contributed by atoms with Crippen LogP contribution in [-0.2, 0) is 4.74 Å². The van der Waals surface area contributed by atoms with Crippen molar-refractivity contribution in [3.05, 3.63) is 0 Å². The first-order valence-electron chi connectivity index (χ1n) is 7.24. The molecule has 2 atom stereocenters. The van der Waals surface area contributed by atoms with E-state index in [1.54, 1.807) is 0 Å². The monoisotopic (exact) mass is 240 g/mol. The molecule has 3 N–H and O–H groups in total. The van der Waals surface area contributed by atoms with Crippen LogP contribution in [0, 0.1) is 5.92 Å². The first kappa shape index (κ1) is 13.3. The van der Waals surface area contributed by atoms with E-state index in [-0.39, 0.29) is 5.54 Å². The van der Waals surface area contributed by atoms with Crippen LogP contribution in [0.3, 0.4) is 0 Å². The highest BCUT2D eigenvalue weighted by Gasteiger charge is 2.37. The van der Waals surface area contributed by atoms with Gasteiger partial charge in [0.25, 0.3) is 0 Å². The van der Waals surface area contributed by atoms with Crippen molar-refractivity contribution in [3.8, 4) is 0 Å². The van der Waals surface area contributed by atoms with Crippen molar-refractivity contribution in [3.63, 3.8) is 0 Å². The molecule has 1 heterocycles. The molecule has 0 amide bonds. The Bertz CT molecular complexity index is 230. The molecular formula is C14H28N2O. The molecule has 0 aromatic heterocycles. The van der Waals surface area contributed by atoms with Gasteiger partial charge in [0, 0.05) is 12.1 Å². The van der Waals surface area contributed by atoms with Gasteiger partial charge in [-0.2, -0.15) is 0 Å². The minimum absolute atomic E-state index is 0.126. The molecule has 1 aliphatic carbocycles. The lowest BCUT2D eigenvalue weighted by atomic mass is 9.81. The van der Waals surface area contributed by atoms with Gasteiger partial charge < -0.3 is 15.8 Å². The third-order valence-corrected chi connectivity index (χ3v) is 4.49. The Hall–Kier alpha value is -0.120. The van der Waals surface area contributed by atoms with E-state index in [0.717, 1.165) is 31.8 Å². The van der Waals surface area contributed by atoms with Gasteiger partial charge in [0.05, 0.1) is 12.2 Å². The lowest BCUT2D eigenvalue weighted by molar-refractivity contribution is -0.0672. The first-order valence-corrected chi connectivity index (χ1v) is 7.24. The Morgan fingerprint density at radius 2 is 1.88 bits per heavy atom. The first-order chi connectivity index (χ1) is 8.13. The second-order valence-corrected chi connectivity index (χ2v) is 6.16. The Balaban J connectivity index is 1.80. The molecule has 2 fully saturated rings. The molecule has 0 bridgehead atoms. The van der Waals surface area contributed by atoms with Crippen molar-refractivity contribution < 1.29 is 4.74 Å². The van der Waals surface area contributed by atoms with Crippen molar-refractivity contribution in [2.45, 2.75) is 70.1 Å². The number of hydrogen-bond acceptors (Lipinski definition) is 3. The molecule has 17 heavy (non-hydrogen) atoms. The molecule has 1 saturated heterocycles. The number of nitrogens with two attached hydrogens (primary N) is 1. The molecule has 0 spiro atoms. The van der Waals surface area contributed by atoms with Gasteiger partial charge in [-0.15, -0.1) is 0 Å². The van der Waals surface area contributed by atoms with Gasteiger partial charge in [0.15, 0.2) is 0 Å². The highest BCUT2D eigenvalue weighted by Crippen LogP contribution is 2.31. The molecule has 0 aromatic carbocycles. The van der Waals surface area contributed by atoms with E-state index in [0.29, 0.717) is 12.2 Å². The van der Waals surface area contributed by atoms with Crippen LogP contribution in [0.1, 0.15) is 52.4 Å². The minimum atomic E-state index is 0.126. The minimum Gasteiger partial charge on any atom is -0.375 e. The van der Waals surface area contributed by atoms with Crippen molar-refractivity contribution in [1.82, 2.24) is 5.32 Å². The summed E-state index contributed by atoms with van der Waals surface area (Å²) in [5.41, 5.74) is 6.13. The van der Waals surface area contributed by atoms with Gasteiger partial charge in [-0.3, -0.25) is 0 Å². The molecule has 2 unspecified atom stereocenters. The zero-order chi connectivity index (χ0) is 12.3. The van der Waals surface area contributed by atoms with Gasteiger partial charge >= 0.3 is 0 Å². The predicted molar refractivity (Wildman–Crippen MR) is 71.0 cm³/mol. The second-order valence-electron chi connectivity index (χ2n) is 6.16. The molecule has 100 valence electrons. The highest BCUT2D eigenvalue weighted by molar-refractivity contribution is 4.95. The molecule has 0 aromatic rings. The molecule has 3 heteroatoms. The van der Waals surface area contributed by atoms with Gasteiger partial charge in [-0.1, -0.05) is 19.3 Å². The normalized spacial score (nSPS) is 39.0. The van der Waals surface area contributed by atoms with E-state index in [2.05, 4.69) is 19.2 Å². The van der Waals surface area contributed by atoms with Crippen LogP contribution in [-0.4, -0.2) is 30.8 Å². The fourth-order valence-corrected chi connectivity index (χ4v) is 3.38. The van der Waals surface area contributed by atoms with Gasteiger partial charge in [-0.25, -0.2) is 0 Å². The zero-order valence-electron chi connectivity index (χ0n) is 11.4. The zero-order valence-corrected chi connectivity index (χ0v) is 11.4. The van der Waals surface area contributed by atoms with E-state index in [4.69, 9.17) is 10.5 Å². The summed E-state index contributed by atoms with van der Waals surface area (Å²) in [5, 5.41) is 3.74. The van der Waals surface area contributed by atoms with Crippen LogP contribution >= 0.6 is 0 Å². The quantitative estimate of drug-likeness (QED) is 0.773. The lowest BCUT2D eigenvalue weighted by Gasteiger charge is -2.43. The lowest BCUT2D eigenvalue weighted by Crippen LogP contribution is -2.58. The van der Waals surface area contributed by atoms with E-state index < -0.39 is 0 Å². The highest BCUT2D eigenvalue weighted by atomic mass is 16.5. The third kappa shape index (κ3) is 3.43. The SMILES string of the molecule is CC1CC(CN)(NCCC2CCC2)CC(C)O1. The Labute approximate surface area is 105 Å². The van der Waals surface area contributed by atoms with Crippen LogP contribution in [0.2, 0.25) is 0 Å². The van der Waals surface area contributed by atoms with Crippen molar-refractivity contribution >= 4 is 0 Å². The van der Waals surface area contributed by atoms with Crippen LogP contribution in [0.25, 0.3) is 0 Å². The summed E-state index contributed by atoms with van der Waals surface area (Å²) in [7, 11) is 0. The van der Waals surface area contributed by atoms with Crippen molar-refractivity contribution in [1.29, 1.82) is 0 Å². The number of rotatable bonds is 5. The van der Waals surface area contributed by atoms with E-state index in [1.165, 1.54) is 25.7 Å². The number of ether oxygens (including phenoxy) is 1. The topological polar surface area (TPSA) is 47.3 Å². The molecule has 3 nitrogen and oxygen atoms in total. The standard InChI is InChI=1S/C14H28N2O/c1-11-8-14(10-15,9-12(2)17-11)16-7-6-13-4-3-5-13/h11-13,16H,3-10,15H2,1-2H3. The maximum absolute atomic E-state index is 6.01. The fraction of sp³-hybridized carbons (Fsp3) is 1.00. The summed E-state index contributed by atoms with van der Waals surface area (Å²) in [6.07, 6.45) is 8.41. The van der Waals surface area contributed by atoms with Gasteiger partial charge in [0.1, 0.15) is 0 Å². The molecule has 2 rings (SSSR count). The van der Waals surface area contributed by atoms with E-state index >= 15 is 0 Å². The average Bonchev–Trinajstić information content (AvgIpc) is 2.20. The smallest absolute Gasteiger partial charge is 0.0568 e. The maximum Gasteiger partial charge on any atom is 0.0568 e. The third-order valence-electron chi connectivity index (χ3n) is 4.49. The van der Waals surface area contributed by atoms with Crippen LogP contribution in [0.4, 0.5) is 0 Å². The Kier molecular flexibility index (Phi) is 4.45.